The first-order valence-corrected chi connectivity index (χ1v) is 14.2. The van der Waals surface area contributed by atoms with Crippen LogP contribution < -0.4 is 15.4 Å². The number of morpholine rings is 1. The molecule has 1 fully saturated rings. The fourth-order valence-corrected chi connectivity index (χ4v) is 5.55. The van der Waals surface area contributed by atoms with Gasteiger partial charge in [-0.3, -0.25) is 9.69 Å². The third kappa shape index (κ3) is 7.30. The van der Waals surface area contributed by atoms with E-state index < -0.39 is 11.9 Å². The van der Waals surface area contributed by atoms with Gasteiger partial charge in [0.1, 0.15) is 23.4 Å². The van der Waals surface area contributed by atoms with Gasteiger partial charge >= 0.3 is 6.18 Å². The van der Waals surface area contributed by atoms with Gasteiger partial charge in [0, 0.05) is 44.7 Å². The molecule has 0 saturated carbocycles. The number of alkyl halides is 3. The second kappa shape index (κ2) is 12.5. The van der Waals surface area contributed by atoms with Crippen molar-refractivity contribution in [2.45, 2.75) is 33.1 Å². The molecule has 222 valence electrons. The Bertz CT molecular complexity index is 1560. The smallest absolute Gasteiger partial charge is 0.433 e. The van der Waals surface area contributed by atoms with Gasteiger partial charge in [0.05, 0.1) is 23.1 Å². The van der Waals surface area contributed by atoms with Gasteiger partial charge in [-0.05, 0) is 30.2 Å². The first kappa shape index (κ1) is 29.6. The first-order valence-electron chi connectivity index (χ1n) is 13.4. The van der Waals surface area contributed by atoms with Crippen molar-refractivity contribution in [2.75, 3.05) is 43.4 Å². The van der Waals surface area contributed by atoms with Crippen LogP contribution in [0.3, 0.4) is 0 Å². The van der Waals surface area contributed by atoms with E-state index >= 15 is 0 Å². The molecule has 3 aromatic heterocycles. The van der Waals surface area contributed by atoms with Crippen molar-refractivity contribution in [3.05, 3.63) is 48.4 Å². The predicted molar refractivity (Wildman–Crippen MR) is 154 cm³/mol. The second-order valence-electron chi connectivity index (χ2n) is 10.3. The largest absolute Gasteiger partial charge is 0.437 e. The molecule has 1 aliphatic rings. The summed E-state index contributed by atoms with van der Waals surface area (Å²) in [6, 6.07) is 9.12. The van der Waals surface area contributed by atoms with Gasteiger partial charge in [-0.2, -0.15) is 13.2 Å². The molecule has 0 bridgehead atoms. The molecule has 1 saturated heterocycles. The molecule has 1 amide bonds. The molecule has 1 aliphatic heterocycles. The van der Waals surface area contributed by atoms with Crippen molar-refractivity contribution in [2.24, 2.45) is 5.92 Å². The van der Waals surface area contributed by atoms with Gasteiger partial charge in [0.15, 0.2) is 10.9 Å². The highest BCUT2D eigenvalue weighted by molar-refractivity contribution is 7.22. The van der Waals surface area contributed by atoms with Crippen molar-refractivity contribution >= 4 is 38.4 Å². The molecule has 1 atom stereocenters. The molecule has 42 heavy (non-hydrogen) atoms. The number of rotatable bonds is 9. The summed E-state index contributed by atoms with van der Waals surface area (Å²) in [5.74, 6) is 0.834. The molecule has 10 nitrogen and oxygen atoms in total. The highest BCUT2D eigenvalue weighted by Gasteiger charge is 2.33. The van der Waals surface area contributed by atoms with E-state index in [9.17, 15) is 18.0 Å². The standard InChI is InChI=1S/C28H30F3N7O3S/c1-16(2)13-38-9-10-40-18(14-38)12-32-26-19(7-8-23(36-26)28(29,30)31)20-11-24(34-15-33-20)41-21-5-4-6-22-25(21)37-27(42-22)35-17(3)39/h4-8,11,15-16,18H,9-10,12-14H2,1-3H3,(H,32,36)(H,35,37,39). The molecule has 1 aromatic carbocycles. The maximum atomic E-state index is 13.6. The number of hydrogen-bond acceptors (Lipinski definition) is 10. The van der Waals surface area contributed by atoms with Crippen LogP contribution in [0, 0.1) is 5.92 Å². The predicted octanol–water partition coefficient (Wildman–Crippen LogP) is 5.69. The second-order valence-corrected chi connectivity index (χ2v) is 11.3. The van der Waals surface area contributed by atoms with Gasteiger partial charge in [-0.15, -0.1) is 0 Å². The highest BCUT2D eigenvalue weighted by atomic mass is 32.1. The number of carbonyl (C=O) groups excluding carboxylic acids is 1. The Hall–Kier alpha value is -3.88. The van der Waals surface area contributed by atoms with Crippen molar-refractivity contribution < 1.29 is 27.4 Å². The topological polar surface area (TPSA) is 114 Å². The number of aromatic nitrogens is 4. The Morgan fingerprint density at radius 2 is 2.05 bits per heavy atom. The number of para-hydroxylation sites is 1. The molecular formula is C28H30F3N7O3S. The van der Waals surface area contributed by atoms with E-state index in [0.29, 0.717) is 46.7 Å². The van der Waals surface area contributed by atoms with Crippen molar-refractivity contribution in [3.63, 3.8) is 0 Å². The van der Waals surface area contributed by atoms with Gasteiger partial charge in [-0.25, -0.2) is 19.9 Å². The Balaban J connectivity index is 1.40. The summed E-state index contributed by atoms with van der Waals surface area (Å²) in [6.07, 6.45) is -3.57. The zero-order valence-electron chi connectivity index (χ0n) is 23.2. The highest BCUT2D eigenvalue weighted by Crippen LogP contribution is 2.36. The van der Waals surface area contributed by atoms with Crippen LogP contribution in [0.1, 0.15) is 26.5 Å². The number of halogens is 3. The van der Waals surface area contributed by atoms with Crippen molar-refractivity contribution in [3.8, 4) is 22.9 Å². The zero-order valence-corrected chi connectivity index (χ0v) is 24.1. The lowest BCUT2D eigenvalue weighted by Gasteiger charge is -2.34. The summed E-state index contributed by atoms with van der Waals surface area (Å²) in [5, 5.41) is 6.17. The van der Waals surface area contributed by atoms with E-state index in [0.717, 1.165) is 23.9 Å². The maximum absolute atomic E-state index is 13.6. The normalized spacial score (nSPS) is 16.1. The van der Waals surface area contributed by atoms with E-state index in [2.05, 4.69) is 49.3 Å². The molecule has 2 N–H and O–H groups in total. The Morgan fingerprint density at radius 1 is 1.21 bits per heavy atom. The summed E-state index contributed by atoms with van der Waals surface area (Å²) in [4.78, 5) is 30.6. The number of pyridine rings is 1. The van der Waals surface area contributed by atoms with Crippen LogP contribution in [0.4, 0.5) is 24.1 Å². The summed E-state index contributed by atoms with van der Waals surface area (Å²) >= 11 is 1.30. The molecule has 1 unspecified atom stereocenters. The molecular weight excluding hydrogens is 571 g/mol. The summed E-state index contributed by atoms with van der Waals surface area (Å²) in [5.41, 5.74) is 0.184. The van der Waals surface area contributed by atoms with E-state index in [1.54, 1.807) is 12.1 Å². The summed E-state index contributed by atoms with van der Waals surface area (Å²) < 4.78 is 53.4. The molecule has 4 heterocycles. The quantitative estimate of drug-likeness (QED) is 0.250. The van der Waals surface area contributed by atoms with Crippen LogP contribution in [0.15, 0.2) is 42.7 Å². The van der Waals surface area contributed by atoms with Crippen molar-refractivity contribution in [1.82, 2.24) is 24.8 Å². The average Bonchev–Trinajstić information content (AvgIpc) is 3.34. The van der Waals surface area contributed by atoms with Gasteiger partial charge in [-0.1, -0.05) is 31.3 Å². The van der Waals surface area contributed by atoms with Gasteiger partial charge < -0.3 is 20.1 Å². The molecule has 0 spiro atoms. The van der Waals surface area contributed by atoms with E-state index in [1.807, 2.05) is 6.07 Å². The minimum atomic E-state index is -4.62. The van der Waals surface area contributed by atoms with Crippen LogP contribution in [0.2, 0.25) is 0 Å². The first-order chi connectivity index (χ1) is 20.0. The molecule has 4 aromatic rings. The average molecular weight is 602 g/mol. The minimum absolute atomic E-state index is 0.0283. The number of hydrogen-bond donors (Lipinski definition) is 2. The fraction of sp³-hybridized carbons (Fsp3) is 0.393. The lowest BCUT2D eigenvalue weighted by atomic mass is 10.1. The van der Waals surface area contributed by atoms with Crippen molar-refractivity contribution in [1.29, 1.82) is 0 Å². The third-order valence-corrected chi connectivity index (χ3v) is 7.26. The number of nitrogens with zero attached hydrogens (tertiary/aromatic N) is 5. The summed E-state index contributed by atoms with van der Waals surface area (Å²) in [7, 11) is 0. The van der Waals surface area contributed by atoms with E-state index in [-0.39, 0.29) is 30.3 Å². The molecule has 0 aliphatic carbocycles. The van der Waals surface area contributed by atoms with Crippen LogP contribution in [0.5, 0.6) is 11.6 Å². The number of thiazole rings is 1. The molecule has 0 radical (unpaired) electrons. The monoisotopic (exact) mass is 601 g/mol. The van der Waals surface area contributed by atoms with Crippen LogP contribution in [-0.4, -0.2) is 69.6 Å². The molecule has 5 rings (SSSR count). The van der Waals surface area contributed by atoms with E-state index in [4.69, 9.17) is 9.47 Å². The lowest BCUT2D eigenvalue weighted by Crippen LogP contribution is -2.46. The lowest BCUT2D eigenvalue weighted by molar-refractivity contribution is -0.141. The number of fused-ring (bicyclic) bond motifs is 1. The Morgan fingerprint density at radius 3 is 2.81 bits per heavy atom. The maximum Gasteiger partial charge on any atom is 0.433 e. The number of anilines is 2. The Kier molecular flexibility index (Phi) is 8.85. The number of carbonyl (C=O) groups is 1. The molecule has 14 heteroatoms. The van der Waals surface area contributed by atoms with Gasteiger partial charge in [0.25, 0.3) is 0 Å². The Labute approximate surface area is 244 Å². The zero-order chi connectivity index (χ0) is 29.9. The number of benzene rings is 1. The van der Waals surface area contributed by atoms with Crippen LogP contribution in [0.25, 0.3) is 21.5 Å². The van der Waals surface area contributed by atoms with Gasteiger partial charge in [0.2, 0.25) is 11.8 Å². The minimum Gasteiger partial charge on any atom is -0.437 e. The third-order valence-electron chi connectivity index (χ3n) is 6.33. The number of amides is 1. The number of ether oxygens (including phenoxy) is 2. The van der Waals surface area contributed by atoms with Crippen LogP contribution >= 0.6 is 11.3 Å². The van der Waals surface area contributed by atoms with E-state index in [1.165, 1.54) is 36.7 Å². The summed E-state index contributed by atoms with van der Waals surface area (Å²) in [6.45, 7) is 8.89. The van der Waals surface area contributed by atoms with Crippen LogP contribution in [-0.2, 0) is 15.7 Å². The number of nitrogens with one attached hydrogen (secondary N) is 2. The SMILES string of the molecule is CC(=O)Nc1nc2c(Oc3cc(-c4ccc(C(F)(F)F)nc4NCC4CN(CC(C)C)CCO4)ncn3)cccc2s1. The fourth-order valence-electron chi connectivity index (χ4n) is 4.62.